The van der Waals surface area contributed by atoms with Crippen molar-refractivity contribution in [2.45, 2.75) is 76.7 Å². The average Bonchev–Trinajstić information content (AvgIpc) is 3.43. The van der Waals surface area contributed by atoms with Crippen molar-refractivity contribution in [3.63, 3.8) is 0 Å². The number of aromatic nitrogens is 3. The van der Waals surface area contributed by atoms with Gasteiger partial charge in [-0.05, 0) is 63.1 Å². The van der Waals surface area contributed by atoms with E-state index in [0.717, 1.165) is 37.3 Å². The van der Waals surface area contributed by atoms with E-state index in [1.165, 1.54) is 37.7 Å². The Balaban J connectivity index is 1.55. The first-order valence-corrected chi connectivity index (χ1v) is 12.9. The maximum Gasteiger partial charge on any atom is 0.227 e. The van der Waals surface area contributed by atoms with E-state index in [4.69, 9.17) is 0 Å². The second-order valence-electron chi connectivity index (χ2n) is 9.31. The summed E-state index contributed by atoms with van der Waals surface area (Å²) in [7, 11) is -1.28. The summed E-state index contributed by atoms with van der Waals surface area (Å²) in [6.45, 7) is 4.23. The third kappa shape index (κ3) is 5.30. The van der Waals surface area contributed by atoms with Gasteiger partial charge in [-0.25, -0.2) is 13.4 Å². The molecule has 0 bridgehead atoms. The minimum absolute atomic E-state index is 0.247. The first-order valence-electron chi connectivity index (χ1n) is 11.3. The van der Waals surface area contributed by atoms with Gasteiger partial charge in [0, 0.05) is 25.8 Å². The molecule has 2 aliphatic carbocycles. The number of sulfone groups is 1. The number of pyridine rings is 1. The number of hydrogen-bond acceptors (Lipinski definition) is 5. The molecule has 0 N–H and O–H groups in total. The monoisotopic (exact) mass is 430 g/mol. The van der Waals surface area contributed by atoms with Crippen LogP contribution in [0.4, 0.5) is 0 Å². The van der Waals surface area contributed by atoms with Crippen LogP contribution in [0.25, 0.3) is 0 Å². The molecule has 2 heterocycles. The van der Waals surface area contributed by atoms with Crippen LogP contribution in [0.3, 0.4) is 0 Å². The van der Waals surface area contributed by atoms with Crippen LogP contribution in [-0.2, 0) is 29.5 Å². The number of imidazole rings is 1. The SMILES string of the molecule is Cc1cccnc1CN(C)Cc1cnc(S(=O)(=O)CC2CC2)n1CC1CCCCC1. The third-order valence-corrected chi connectivity index (χ3v) is 8.26. The Kier molecular flexibility index (Phi) is 6.58. The molecular weight excluding hydrogens is 396 g/mol. The highest BCUT2D eigenvalue weighted by atomic mass is 32.2. The van der Waals surface area contributed by atoms with Crippen LogP contribution in [-0.4, -0.2) is 40.7 Å². The average molecular weight is 431 g/mol. The maximum absolute atomic E-state index is 13.1. The number of nitrogens with zero attached hydrogens (tertiary/aromatic N) is 4. The first-order chi connectivity index (χ1) is 14.4. The summed E-state index contributed by atoms with van der Waals surface area (Å²) in [6, 6.07) is 4.03. The molecule has 30 heavy (non-hydrogen) atoms. The Hall–Kier alpha value is -1.73. The van der Waals surface area contributed by atoms with Crippen molar-refractivity contribution in [2.75, 3.05) is 12.8 Å². The summed E-state index contributed by atoms with van der Waals surface area (Å²) >= 11 is 0. The van der Waals surface area contributed by atoms with Gasteiger partial charge in [-0.3, -0.25) is 9.88 Å². The molecule has 0 amide bonds. The Morgan fingerprint density at radius 3 is 2.53 bits per heavy atom. The van der Waals surface area contributed by atoms with Crippen LogP contribution in [0.15, 0.2) is 29.7 Å². The summed E-state index contributed by atoms with van der Waals surface area (Å²) < 4.78 is 28.2. The van der Waals surface area contributed by atoms with E-state index in [2.05, 4.69) is 34.9 Å². The van der Waals surface area contributed by atoms with Crippen LogP contribution in [0.1, 0.15) is 61.9 Å². The maximum atomic E-state index is 13.1. The molecule has 0 radical (unpaired) electrons. The smallest absolute Gasteiger partial charge is 0.227 e. The predicted molar refractivity (Wildman–Crippen MR) is 118 cm³/mol. The molecule has 6 nitrogen and oxygen atoms in total. The van der Waals surface area contributed by atoms with Crippen LogP contribution >= 0.6 is 0 Å². The fourth-order valence-electron chi connectivity index (χ4n) is 4.53. The van der Waals surface area contributed by atoms with Gasteiger partial charge in [0.2, 0.25) is 15.0 Å². The lowest BCUT2D eigenvalue weighted by Gasteiger charge is -2.25. The molecule has 2 fully saturated rings. The van der Waals surface area contributed by atoms with Crippen LogP contribution in [0.5, 0.6) is 0 Å². The Morgan fingerprint density at radius 2 is 1.83 bits per heavy atom. The summed E-state index contributed by atoms with van der Waals surface area (Å²) in [5.74, 6) is 1.12. The zero-order valence-electron chi connectivity index (χ0n) is 18.3. The van der Waals surface area contributed by atoms with Gasteiger partial charge in [0.25, 0.3) is 0 Å². The molecule has 0 unspecified atom stereocenters. The fraction of sp³-hybridized carbons (Fsp3) is 0.652. The van der Waals surface area contributed by atoms with E-state index in [1.54, 1.807) is 6.20 Å². The summed E-state index contributed by atoms with van der Waals surface area (Å²) in [4.78, 5) is 11.1. The Labute approximate surface area is 180 Å². The third-order valence-electron chi connectivity index (χ3n) is 6.47. The molecule has 4 rings (SSSR count). The van der Waals surface area contributed by atoms with Crippen molar-refractivity contribution in [1.29, 1.82) is 0 Å². The summed E-state index contributed by atoms with van der Waals surface area (Å²) in [5.41, 5.74) is 3.22. The van der Waals surface area contributed by atoms with Crippen molar-refractivity contribution in [1.82, 2.24) is 19.4 Å². The molecule has 164 valence electrons. The standard InChI is InChI=1S/C23H34N4O2S/c1-18-7-6-12-24-22(18)16-26(2)15-21-13-25-23(30(28,29)17-20-10-11-20)27(21)14-19-8-4-3-5-9-19/h6-7,12-13,19-20H,3-5,8-11,14-17H2,1-2H3. The highest BCUT2D eigenvalue weighted by Crippen LogP contribution is 2.33. The van der Waals surface area contributed by atoms with Gasteiger partial charge < -0.3 is 4.57 Å². The quantitative estimate of drug-likeness (QED) is 0.602. The second-order valence-corrected chi connectivity index (χ2v) is 11.2. The molecule has 2 aliphatic rings. The molecule has 0 atom stereocenters. The zero-order chi connectivity index (χ0) is 21.1. The van der Waals surface area contributed by atoms with Crippen molar-refractivity contribution in [3.05, 3.63) is 41.5 Å². The first kappa shape index (κ1) is 21.5. The molecule has 0 aliphatic heterocycles. The van der Waals surface area contributed by atoms with E-state index in [9.17, 15) is 8.42 Å². The van der Waals surface area contributed by atoms with E-state index in [-0.39, 0.29) is 10.9 Å². The second kappa shape index (κ2) is 9.18. The fourth-order valence-corrected chi connectivity index (χ4v) is 6.37. The highest BCUT2D eigenvalue weighted by Gasteiger charge is 2.33. The van der Waals surface area contributed by atoms with Crippen molar-refractivity contribution in [3.8, 4) is 0 Å². The molecule has 0 spiro atoms. The van der Waals surface area contributed by atoms with Gasteiger partial charge in [-0.1, -0.05) is 25.3 Å². The molecule has 2 aromatic rings. The van der Waals surface area contributed by atoms with E-state index in [1.807, 2.05) is 16.8 Å². The lowest BCUT2D eigenvalue weighted by molar-refractivity contribution is 0.280. The van der Waals surface area contributed by atoms with Gasteiger partial charge in [0.1, 0.15) is 0 Å². The minimum Gasteiger partial charge on any atom is -0.317 e. The van der Waals surface area contributed by atoms with Gasteiger partial charge in [-0.15, -0.1) is 0 Å². The normalized spacial score (nSPS) is 18.2. The lowest BCUT2D eigenvalue weighted by Crippen LogP contribution is -2.25. The number of rotatable bonds is 9. The largest absolute Gasteiger partial charge is 0.317 e. The van der Waals surface area contributed by atoms with E-state index in [0.29, 0.717) is 18.4 Å². The van der Waals surface area contributed by atoms with Gasteiger partial charge in [0.15, 0.2) is 0 Å². The lowest BCUT2D eigenvalue weighted by atomic mass is 9.89. The molecular formula is C23H34N4O2S. The summed E-state index contributed by atoms with van der Waals surface area (Å²) in [5, 5.41) is 0.289. The van der Waals surface area contributed by atoms with E-state index >= 15 is 0 Å². The topological polar surface area (TPSA) is 68.1 Å². The van der Waals surface area contributed by atoms with Gasteiger partial charge in [-0.2, -0.15) is 0 Å². The minimum atomic E-state index is -3.34. The molecule has 0 saturated heterocycles. The van der Waals surface area contributed by atoms with Crippen LogP contribution < -0.4 is 0 Å². The van der Waals surface area contributed by atoms with Crippen molar-refractivity contribution < 1.29 is 8.42 Å². The van der Waals surface area contributed by atoms with Crippen LogP contribution in [0, 0.1) is 18.8 Å². The van der Waals surface area contributed by atoms with Crippen molar-refractivity contribution >= 4 is 9.84 Å². The van der Waals surface area contributed by atoms with E-state index < -0.39 is 9.84 Å². The number of hydrogen-bond donors (Lipinski definition) is 0. The predicted octanol–water partition coefficient (Wildman–Crippen LogP) is 3.98. The molecule has 2 saturated carbocycles. The highest BCUT2D eigenvalue weighted by molar-refractivity contribution is 7.91. The molecule has 0 aromatic carbocycles. The number of aryl methyl sites for hydroxylation is 1. The Morgan fingerprint density at radius 1 is 1.07 bits per heavy atom. The molecule has 2 aromatic heterocycles. The summed E-state index contributed by atoms with van der Waals surface area (Å²) in [6.07, 6.45) is 11.8. The van der Waals surface area contributed by atoms with Gasteiger partial charge >= 0.3 is 0 Å². The Bertz CT molecular complexity index is 959. The van der Waals surface area contributed by atoms with Crippen molar-refractivity contribution in [2.24, 2.45) is 11.8 Å². The van der Waals surface area contributed by atoms with Gasteiger partial charge in [0.05, 0.1) is 23.3 Å². The van der Waals surface area contributed by atoms with Crippen LogP contribution in [0.2, 0.25) is 0 Å². The molecule has 7 heteroatoms. The zero-order valence-corrected chi connectivity index (χ0v) is 19.1.